The van der Waals surface area contributed by atoms with Gasteiger partial charge >= 0.3 is 0 Å². The van der Waals surface area contributed by atoms with Crippen molar-refractivity contribution in [3.05, 3.63) is 47.0 Å². The summed E-state index contributed by atoms with van der Waals surface area (Å²) in [5.41, 5.74) is 2.27. The second kappa shape index (κ2) is 5.18. The lowest BCUT2D eigenvalue weighted by atomic mass is 9.97. The molecule has 0 aliphatic carbocycles. The van der Waals surface area contributed by atoms with E-state index in [1.807, 2.05) is 12.1 Å². The van der Waals surface area contributed by atoms with Crippen LogP contribution in [-0.2, 0) is 11.3 Å². The third-order valence-electron chi connectivity index (χ3n) is 3.57. The number of rotatable bonds is 3. The Balaban J connectivity index is 2.08. The highest BCUT2D eigenvalue weighted by atomic mass is 16.5. The van der Waals surface area contributed by atoms with Gasteiger partial charge in [-0.25, -0.2) is 0 Å². The van der Waals surface area contributed by atoms with Crippen LogP contribution in [0.5, 0.6) is 23.0 Å². The first kappa shape index (κ1) is 13.6. The van der Waals surface area contributed by atoms with Gasteiger partial charge < -0.3 is 24.4 Å². The number of methoxy groups -OCH3 is 2. The molecular weight excluding hydrogens is 272 g/mol. The predicted molar refractivity (Wildman–Crippen MR) is 75.9 cm³/mol. The SMILES string of the molecule is COc1cc(OC)cc(C2OCc3cc(O)cc(O)c32)c1. The van der Waals surface area contributed by atoms with Gasteiger partial charge in [0.25, 0.3) is 0 Å². The van der Waals surface area contributed by atoms with E-state index < -0.39 is 6.10 Å². The minimum Gasteiger partial charge on any atom is -0.508 e. The molecule has 110 valence electrons. The van der Waals surface area contributed by atoms with Crippen LogP contribution in [0.3, 0.4) is 0 Å². The van der Waals surface area contributed by atoms with Crippen molar-refractivity contribution in [2.45, 2.75) is 12.7 Å². The van der Waals surface area contributed by atoms with Crippen LogP contribution in [-0.4, -0.2) is 24.4 Å². The van der Waals surface area contributed by atoms with Crippen LogP contribution in [0.2, 0.25) is 0 Å². The Morgan fingerprint density at radius 2 is 1.67 bits per heavy atom. The van der Waals surface area contributed by atoms with Gasteiger partial charge in [0.2, 0.25) is 0 Å². The normalized spacial score (nSPS) is 16.6. The maximum atomic E-state index is 10.1. The smallest absolute Gasteiger partial charge is 0.125 e. The molecular formula is C16H16O5. The molecule has 1 atom stereocenters. The van der Waals surface area contributed by atoms with Gasteiger partial charge in [0.15, 0.2) is 0 Å². The van der Waals surface area contributed by atoms with Crippen LogP contribution in [0.15, 0.2) is 30.3 Å². The van der Waals surface area contributed by atoms with Gasteiger partial charge in [-0.05, 0) is 29.3 Å². The first-order valence-corrected chi connectivity index (χ1v) is 6.51. The third kappa shape index (κ3) is 2.36. The van der Waals surface area contributed by atoms with Gasteiger partial charge in [0.05, 0.1) is 20.8 Å². The van der Waals surface area contributed by atoms with Gasteiger partial charge in [-0.1, -0.05) is 0 Å². The van der Waals surface area contributed by atoms with E-state index >= 15 is 0 Å². The number of fused-ring (bicyclic) bond motifs is 1. The standard InChI is InChI=1S/C16H16O5/c1-19-12-4-9(5-13(7-12)20-2)16-15-10(8-21-16)3-11(17)6-14(15)18/h3-7,16-18H,8H2,1-2H3. The molecule has 2 aromatic rings. The second-order valence-electron chi connectivity index (χ2n) is 4.87. The molecule has 0 radical (unpaired) electrons. The van der Waals surface area contributed by atoms with Crippen molar-refractivity contribution in [2.24, 2.45) is 0 Å². The molecule has 0 amide bonds. The first-order valence-electron chi connectivity index (χ1n) is 6.51. The summed E-state index contributed by atoms with van der Waals surface area (Å²) in [6.45, 7) is 0.335. The van der Waals surface area contributed by atoms with Crippen molar-refractivity contribution in [3.8, 4) is 23.0 Å². The quantitative estimate of drug-likeness (QED) is 0.909. The first-order chi connectivity index (χ1) is 10.1. The molecule has 21 heavy (non-hydrogen) atoms. The number of ether oxygens (including phenoxy) is 3. The summed E-state index contributed by atoms with van der Waals surface area (Å²) < 4.78 is 16.3. The van der Waals surface area contributed by atoms with Crippen LogP contribution in [0, 0.1) is 0 Å². The summed E-state index contributed by atoms with van der Waals surface area (Å²) >= 11 is 0. The van der Waals surface area contributed by atoms with E-state index in [-0.39, 0.29) is 11.5 Å². The minimum atomic E-state index is -0.412. The number of phenols is 2. The number of hydrogen-bond donors (Lipinski definition) is 2. The molecule has 0 aromatic heterocycles. The van der Waals surface area contributed by atoms with Gasteiger partial charge in [-0.2, -0.15) is 0 Å². The van der Waals surface area contributed by atoms with E-state index in [4.69, 9.17) is 14.2 Å². The molecule has 0 spiro atoms. The van der Waals surface area contributed by atoms with Crippen LogP contribution >= 0.6 is 0 Å². The van der Waals surface area contributed by atoms with Gasteiger partial charge in [-0.15, -0.1) is 0 Å². The number of aromatic hydroxyl groups is 2. The van der Waals surface area contributed by atoms with Gasteiger partial charge in [0.1, 0.15) is 29.1 Å². The summed E-state index contributed by atoms with van der Waals surface area (Å²) in [4.78, 5) is 0. The van der Waals surface area contributed by atoms with E-state index in [1.54, 1.807) is 26.4 Å². The average molecular weight is 288 g/mol. The fourth-order valence-corrected chi connectivity index (χ4v) is 2.60. The van der Waals surface area contributed by atoms with E-state index in [0.717, 1.165) is 11.1 Å². The lowest BCUT2D eigenvalue weighted by Crippen LogP contribution is -2.00. The predicted octanol–water partition coefficient (Wildman–Crippen LogP) is 2.73. The fraction of sp³-hybridized carbons (Fsp3) is 0.250. The topological polar surface area (TPSA) is 68.2 Å². The number of benzene rings is 2. The summed E-state index contributed by atoms with van der Waals surface area (Å²) in [6, 6.07) is 8.38. The molecule has 2 N–H and O–H groups in total. The fourth-order valence-electron chi connectivity index (χ4n) is 2.60. The zero-order valence-electron chi connectivity index (χ0n) is 11.8. The third-order valence-corrected chi connectivity index (χ3v) is 3.57. The highest BCUT2D eigenvalue weighted by molar-refractivity contribution is 5.52. The largest absolute Gasteiger partial charge is 0.508 e. The van der Waals surface area contributed by atoms with Crippen molar-refractivity contribution in [1.82, 2.24) is 0 Å². The summed E-state index contributed by atoms with van der Waals surface area (Å²) in [5.74, 6) is 1.35. The van der Waals surface area contributed by atoms with Crippen molar-refractivity contribution >= 4 is 0 Å². The Hall–Kier alpha value is -2.40. The molecule has 3 rings (SSSR count). The molecule has 5 heteroatoms. The van der Waals surface area contributed by atoms with Crippen LogP contribution in [0.4, 0.5) is 0 Å². The van der Waals surface area contributed by atoms with Crippen LogP contribution < -0.4 is 9.47 Å². The molecule has 5 nitrogen and oxygen atoms in total. The Bertz CT molecular complexity index is 658. The molecule has 0 bridgehead atoms. The van der Waals surface area contributed by atoms with E-state index in [2.05, 4.69) is 0 Å². The van der Waals surface area contributed by atoms with E-state index in [0.29, 0.717) is 23.7 Å². The summed E-state index contributed by atoms with van der Waals surface area (Å²) in [5, 5.41) is 19.6. The highest BCUT2D eigenvalue weighted by Gasteiger charge is 2.29. The maximum absolute atomic E-state index is 10.1. The molecule has 1 aliphatic heterocycles. The molecule has 0 saturated heterocycles. The van der Waals surface area contributed by atoms with E-state index in [9.17, 15) is 10.2 Å². The zero-order chi connectivity index (χ0) is 15.0. The van der Waals surface area contributed by atoms with Crippen LogP contribution in [0.25, 0.3) is 0 Å². The summed E-state index contributed by atoms with van der Waals surface area (Å²) in [7, 11) is 3.16. The molecule has 1 heterocycles. The second-order valence-corrected chi connectivity index (χ2v) is 4.87. The molecule has 1 unspecified atom stereocenters. The number of hydrogen-bond acceptors (Lipinski definition) is 5. The lowest BCUT2D eigenvalue weighted by Gasteiger charge is -2.15. The average Bonchev–Trinajstić information content (AvgIpc) is 2.90. The maximum Gasteiger partial charge on any atom is 0.125 e. The monoisotopic (exact) mass is 288 g/mol. The molecule has 0 fully saturated rings. The van der Waals surface area contributed by atoms with Crippen LogP contribution in [0.1, 0.15) is 22.8 Å². The summed E-state index contributed by atoms with van der Waals surface area (Å²) in [6.07, 6.45) is -0.412. The lowest BCUT2D eigenvalue weighted by molar-refractivity contribution is 0.0925. The molecule has 0 saturated carbocycles. The van der Waals surface area contributed by atoms with Crippen molar-refractivity contribution in [1.29, 1.82) is 0 Å². The zero-order valence-corrected chi connectivity index (χ0v) is 11.8. The Morgan fingerprint density at radius 3 is 2.29 bits per heavy atom. The van der Waals surface area contributed by atoms with Crippen molar-refractivity contribution < 1.29 is 24.4 Å². The van der Waals surface area contributed by atoms with E-state index in [1.165, 1.54) is 6.07 Å². The molecule has 2 aromatic carbocycles. The Labute approximate surface area is 122 Å². The Morgan fingerprint density at radius 1 is 1.00 bits per heavy atom. The van der Waals surface area contributed by atoms with Crippen molar-refractivity contribution in [2.75, 3.05) is 14.2 Å². The van der Waals surface area contributed by atoms with Gasteiger partial charge in [0, 0.05) is 17.7 Å². The molecule has 1 aliphatic rings. The highest BCUT2D eigenvalue weighted by Crippen LogP contribution is 2.44. The van der Waals surface area contributed by atoms with Crippen molar-refractivity contribution in [3.63, 3.8) is 0 Å². The van der Waals surface area contributed by atoms with Gasteiger partial charge in [-0.3, -0.25) is 0 Å². The minimum absolute atomic E-state index is 0.0225. The Kier molecular flexibility index (Phi) is 3.35. The number of phenolic OH excluding ortho intramolecular Hbond substituents is 2.